The van der Waals surface area contributed by atoms with Gasteiger partial charge in [0.15, 0.2) is 0 Å². The first-order valence-electron chi connectivity index (χ1n) is 5.56. The summed E-state index contributed by atoms with van der Waals surface area (Å²) in [4.78, 5) is 11.3. The van der Waals surface area contributed by atoms with Gasteiger partial charge in [0.2, 0.25) is 5.91 Å². The standard InChI is InChI=1S/C14H13ClN2O/c15-10-14(18)17-13-9-5-4-8-12(13)16-11-6-2-1-3-7-11/h1-9,16H,10H2,(H,17,18). The molecule has 0 saturated carbocycles. The average Bonchev–Trinajstić information content (AvgIpc) is 2.42. The van der Waals surface area contributed by atoms with Gasteiger partial charge in [-0.15, -0.1) is 11.6 Å². The number of hydrogen-bond donors (Lipinski definition) is 2. The fourth-order valence-corrected chi connectivity index (χ4v) is 1.63. The Morgan fingerprint density at radius 3 is 2.22 bits per heavy atom. The first kappa shape index (κ1) is 12.5. The fourth-order valence-electron chi connectivity index (χ4n) is 1.56. The smallest absolute Gasteiger partial charge is 0.239 e. The van der Waals surface area contributed by atoms with Crippen LogP contribution in [-0.2, 0) is 4.79 Å². The molecule has 0 aliphatic heterocycles. The molecule has 2 N–H and O–H groups in total. The van der Waals surface area contributed by atoms with Crippen molar-refractivity contribution in [2.24, 2.45) is 0 Å². The Kier molecular flexibility index (Phi) is 4.20. The second-order valence-corrected chi connectivity index (χ2v) is 3.99. The van der Waals surface area contributed by atoms with Crippen molar-refractivity contribution in [3.05, 3.63) is 54.6 Å². The zero-order valence-electron chi connectivity index (χ0n) is 9.69. The summed E-state index contributed by atoms with van der Waals surface area (Å²) in [6.45, 7) is 0. The molecule has 0 aromatic heterocycles. The maximum absolute atomic E-state index is 11.3. The van der Waals surface area contributed by atoms with E-state index in [1.54, 1.807) is 0 Å². The third-order valence-corrected chi connectivity index (χ3v) is 2.62. The zero-order valence-corrected chi connectivity index (χ0v) is 10.4. The van der Waals surface area contributed by atoms with E-state index in [0.717, 1.165) is 11.4 Å². The van der Waals surface area contributed by atoms with Gasteiger partial charge in [-0.3, -0.25) is 4.79 Å². The predicted molar refractivity (Wildman–Crippen MR) is 75.5 cm³/mol. The van der Waals surface area contributed by atoms with Gasteiger partial charge in [0.25, 0.3) is 0 Å². The molecule has 18 heavy (non-hydrogen) atoms. The molecular formula is C14H13ClN2O. The van der Waals surface area contributed by atoms with Crippen LogP contribution >= 0.6 is 11.6 Å². The van der Waals surface area contributed by atoms with Crippen LogP contribution in [0.1, 0.15) is 0 Å². The third kappa shape index (κ3) is 3.25. The first-order chi connectivity index (χ1) is 8.79. The molecule has 0 aliphatic rings. The van der Waals surface area contributed by atoms with Crippen molar-refractivity contribution in [1.82, 2.24) is 0 Å². The van der Waals surface area contributed by atoms with Crippen LogP contribution in [-0.4, -0.2) is 11.8 Å². The van der Waals surface area contributed by atoms with Crippen LogP contribution < -0.4 is 10.6 Å². The van der Waals surface area contributed by atoms with Gasteiger partial charge in [0, 0.05) is 5.69 Å². The normalized spacial score (nSPS) is 9.83. The lowest BCUT2D eigenvalue weighted by atomic mass is 10.2. The molecule has 0 saturated heterocycles. The lowest BCUT2D eigenvalue weighted by Gasteiger charge is -2.12. The highest BCUT2D eigenvalue weighted by molar-refractivity contribution is 6.29. The van der Waals surface area contributed by atoms with Gasteiger partial charge in [-0.05, 0) is 24.3 Å². The monoisotopic (exact) mass is 260 g/mol. The Morgan fingerprint density at radius 1 is 0.944 bits per heavy atom. The van der Waals surface area contributed by atoms with Crippen molar-refractivity contribution in [2.75, 3.05) is 16.5 Å². The molecule has 0 bridgehead atoms. The van der Waals surface area contributed by atoms with E-state index in [2.05, 4.69) is 10.6 Å². The number of rotatable bonds is 4. The van der Waals surface area contributed by atoms with Crippen LogP contribution in [0.25, 0.3) is 0 Å². The second-order valence-electron chi connectivity index (χ2n) is 3.72. The zero-order chi connectivity index (χ0) is 12.8. The highest BCUT2D eigenvalue weighted by Crippen LogP contribution is 2.24. The fraction of sp³-hybridized carbons (Fsp3) is 0.0714. The van der Waals surface area contributed by atoms with Crippen molar-refractivity contribution < 1.29 is 4.79 Å². The van der Waals surface area contributed by atoms with Gasteiger partial charge in [0.05, 0.1) is 11.4 Å². The van der Waals surface area contributed by atoms with Gasteiger partial charge in [-0.25, -0.2) is 0 Å². The quantitative estimate of drug-likeness (QED) is 0.825. The highest BCUT2D eigenvalue weighted by atomic mass is 35.5. The van der Waals surface area contributed by atoms with Crippen LogP contribution in [0.5, 0.6) is 0 Å². The van der Waals surface area contributed by atoms with E-state index < -0.39 is 0 Å². The van der Waals surface area contributed by atoms with Crippen LogP contribution in [0.4, 0.5) is 17.1 Å². The molecular weight excluding hydrogens is 248 g/mol. The largest absolute Gasteiger partial charge is 0.354 e. The number of alkyl halides is 1. The maximum atomic E-state index is 11.3. The minimum absolute atomic E-state index is 0.0559. The number of carbonyl (C=O) groups is 1. The van der Waals surface area contributed by atoms with E-state index in [-0.39, 0.29) is 11.8 Å². The van der Waals surface area contributed by atoms with Crippen LogP contribution in [0.15, 0.2) is 54.6 Å². The van der Waals surface area contributed by atoms with Crippen molar-refractivity contribution in [3.63, 3.8) is 0 Å². The van der Waals surface area contributed by atoms with Gasteiger partial charge < -0.3 is 10.6 Å². The van der Waals surface area contributed by atoms with Crippen LogP contribution in [0, 0.1) is 0 Å². The molecule has 0 atom stereocenters. The second kappa shape index (κ2) is 6.07. The van der Waals surface area contributed by atoms with Gasteiger partial charge in [-0.1, -0.05) is 30.3 Å². The molecule has 2 aromatic carbocycles. The van der Waals surface area contributed by atoms with Gasteiger partial charge >= 0.3 is 0 Å². The van der Waals surface area contributed by atoms with Crippen LogP contribution in [0.2, 0.25) is 0 Å². The Hall–Kier alpha value is -2.00. The van der Waals surface area contributed by atoms with Crippen molar-refractivity contribution in [2.45, 2.75) is 0 Å². The minimum atomic E-state index is -0.223. The van der Waals surface area contributed by atoms with Crippen molar-refractivity contribution in [1.29, 1.82) is 0 Å². The summed E-state index contributed by atoms with van der Waals surface area (Å²) in [6.07, 6.45) is 0. The topological polar surface area (TPSA) is 41.1 Å². The average molecular weight is 261 g/mol. The number of anilines is 3. The molecule has 1 amide bonds. The summed E-state index contributed by atoms with van der Waals surface area (Å²) in [6, 6.07) is 17.3. The van der Waals surface area contributed by atoms with Gasteiger partial charge in [-0.2, -0.15) is 0 Å². The van der Waals surface area contributed by atoms with E-state index in [9.17, 15) is 4.79 Å². The van der Waals surface area contributed by atoms with E-state index in [0.29, 0.717) is 5.69 Å². The van der Waals surface area contributed by atoms with Crippen LogP contribution in [0.3, 0.4) is 0 Å². The summed E-state index contributed by atoms with van der Waals surface area (Å²) in [5, 5.41) is 5.99. The first-order valence-corrected chi connectivity index (χ1v) is 6.10. The van der Waals surface area contributed by atoms with Crippen molar-refractivity contribution in [3.8, 4) is 0 Å². The van der Waals surface area contributed by atoms with E-state index in [4.69, 9.17) is 11.6 Å². The summed E-state index contributed by atoms with van der Waals surface area (Å²) in [5.41, 5.74) is 2.51. The Balaban J connectivity index is 2.20. The molecule has 2 rings (SSSR count). The van der Waals surface area contributed by atoms with Gasteiger partial charge in [0.1, 0.15) is 5.88 Å². The highest BCUT2D eigenvalue weighted by Gasteiger charge is 2.05. The lowest BCUT2D eigenvalue weighted by molar-refractivity contribution is -0.113. The van der Waals surface area contributed by atoms with E-state index in [1.807, 2.05) is 54.6 Å². The number of carbonyl (C=O) groups excluding carboxylic acids is 1. The predicted octanol–water partition coefficient (Wildman–Crippen LogP) is 3.61. The summed E-state index contributed by atoms with van der Waals surface area (Å²) >= 11 is 5.48. The summed E-state index contributed by atoms with van der Waals surface area (Å²) in [7, 11) is 0. The number of hydrogen-bond acceptors (Lipinski definition) is 2. The molecule has 0 radical (unpaired) electrons. The number of amides is 1. The molecule has 0 unspecified atom stereocenters. The molecule has 0 spiro atoms. The summed E-state index contributed by atoms with van der Waals surface area (Å²) < 4.78 is 0. The Bertz CT molecular complexity index is 528. The maximum Gasteiger partial charge on any atom is 0.239 e. The summed E-state index contributed by atoms with van der Waals surface area (Å²) in [5.74, 6) is -0.279. The number of halogens is 1. The number of nitrogens with one attached hydrogen (secondary N) is 2. The van der Waals surface area contributed by atoms with E-state index in [1.165, 1.54) is 0 Å². The Labute approximate surface area is 111 Å². The number of para-hydroxylation sites is 3. The molecule has 92 valence electrons. The minimum Gasteiger partial charge on any atom is -0.354 e. The molecule has 0 heterocycles. The van der Waals surface area contributed by atoms with Crippen molar-refractivity contribution >= 4 is 34.6 Å². The molecule has 0 aliphatic carbocycles. The SMILES string of the molecule is O=C(CCl)Nc1ccccc1Nc1ccccc1. The molecule has 4 heteroatoms. The molecule has 0 fully saturated rings. The Morgan fingerprint density at radius 2 is 1.56 bits per heavy atom. The molecule has 3 nitrogen and oxygen atoms in total. The molecule has 2 aromatic rings. The third-order valence-electron chi connectivity index (χ3n) is 2.38. The number of benzene rings is 2. The van der Waals surface area contributed by atoms with E-state index >= 15 is 0 Å². The lowest BCUT2D eigenvalue weighted by Crippen LogP contribution is -2.13.